The molecule has 0 unspecified atom stereocenters. The molecule has 1 aromatic heterocycles. The molecule has 0 atom stereocenters. The van der Waals surface area contributed by atoms with Gasteiger partial charge in [0, 0.05) is 19.3 Å². The van der Waals surface area contributed by atoms with Crippen molar-refractivity contribution in [1.29, 1.82) is 0 Å². The predicted molar refractivity (Wildman–Crippen MR) is 61.3 cm³/mol. The summed E-state index contributed by atoms with van der Waals surface area (Å²) in [5.74, 6) is 0. The van der Waals surface area contributed by atoms with Crippen molar-refractivity contribution in [3.8, 4) is 0 Å². The Morgan fingerprint density at radius 3 is 2.60 bits per heavy atom. The second kappa shape index (κ2) is 5.24. The number of hydrogen-bond acceptors (Lipinski definition) is 3. The van der Waals surface area contributed by atoms with E-state index in [0.29, 0.717) is 6.54 Å². The zero-order valence-corrected chi connectivity index (χ0v) is 9.15. The summed E-state index contributed by atoms with van der Waals surface area (Å²) >= 11 is 0. The zero-order valence-electron chi connectivity index (χ0n) is 9.15. The summed E-state index contributed by atoms with van der Waals surface area (Å²) < 4.78 is 0. The van der Waals surface area contributed by atoms with Crippen LogP contribution in [0.5, 0.6) is 0 Å². The number of aromatic nitrogens is 1. The Labute approximate surface area is 91.3 Å². The first-order valence-corrected chi connectivity index (χ1v) is 5.75. The Bertz CT molecular complexity index is 288. The molecule has 2 heterocycles. The van der Waals surface area contributed by atoms with E-state index in [1.807, 2.05) is 6.20 Å². The highest BCUT2D eigenvalue weighted by Gasteiger charge is 2.10. The topological polar surface area (TPSA) is 42.1 Å². The van der Waals surface area contributed by atoms with Crippen molar-refractivity contribution in [3.05, 3.63) is 29.6 Å². The van der Waals surface area contributed by atoms with Gasteiger partial charge in [-0.2, -0.15) is 0 Å². The third kappa shape index (κ3) is 3.01. The monoisotopic (exact) mass is 205 g/mol. The van der Waals surface area contributed by atoms with Gasteiger partial charge >= 0.3 is 0 Å². The van der Waals surface area contributed by atoms with Crippen LogP contribution in [0.15, 0.2) is 18.3 Å². The van der Waals surface area contributed by atoms with Crippen LogP contribution in [0.2, 0.25) is 0 Å². The van der Waals surface area contributed by atoms with Gasteiger partial charge in [-0.3, -0.25) is 9.88 Å². The van der Waals surface area contributed by atoms with Gasteiger partial charge in [-0.25, -0.2) is 0 Å². The van der Waals surface area contributed by atoms with Crippen molar-refractivity contribution in [3.63, 3.8) is 0 Å². The summed E-state index contributed by atoms with van der Waals surface area (Å²) in [6.45, 7) is 4.02. The van der Waals surface area contributed by atoms with E-state index in [9.17, 15) is 0 Å². The Balaban J connectivity index is 1.91. The fraction of sp³-hybridized carbons (Fsp3) is 0.583. The number of hydrogen-bond donors (Lipinski definition) is 1. The lowest BCUT2D eigenvalue weighted by molar-refractivity contribution is 0.218. The van der Waals surface area contributed by atoms with Gasteiger partial charge in [0.15, 0.2) is 0 Å². The summed E-state index contributed by atoms with van der Waals surface area (Å²) in [7, 11) is 0. The average Bonchev–Trinajstić information content (AvgIpc) is 2.31. The third-order valence-electron chi connectivity index (χ3n) is 2.96. The third-order valence-corrected chi connectivity index (χ3v) is 2.96. The van der Waals surface area contributed by atoms with Crippen molar-refractivity contribution in [2.45, 2.75) is 32.4 Å². The molecule has 0 amide bonds. The van der Waals surface area contributed by atoms with Crippen LogP contribution in [0, 0.1) is 0 Å². The highest BCUT2D eigenvalue weighted by Crippen LogP contribution is 2.11. The van der Waals surface area contributed by atoms with E-state index in [4.69, 9.17) is 5.73 Å². The SMILES string of the molecule is NCc1ccc(CN2CCCCC2)nc1. The lowest BCUT2D eigenvalue weighted by Gasteiger charge is -2.25. The first kappa shape index (κ1) is 10.6. The van der Waals surface area contributed by atoms with Gasteiger partial charge in [0.1, 0.15) is 0 Å². The molecule has 2 rings (SSSR count). The average molecular weight is 205 g/mol. The first-order valence-electron chi connectivity index (χ1n) is 5.75. The largest absolute Gasteiger partial charge is 0.326 e. The summed E-state index contributed by atoms with van der Waals surface area (Å²) in [4.78, 5) is 6.90. The van der Waals surface area contributed by atoms with E-state index in [0.717, 1.165) is 17.8 Å². The van der Waals surface area contributed by atoms with Crippen molar-refractivity contribution in [2.24, 2.45) is 5.73 Å². The molecule has 3 heteroatoms. The number of rotatable bonds is 3. The smallest absolute Gasteiger partial charge is 0.0544 e. The van der Waals surface area contributed by atoms with Crippen LogP contribution < -0.4 is 5.73 Å². The van der Waals surface area contributed by atoms with E-state index in [1.165, 1.54) is 32.4 Å². The lowest BCUT2D eigenvalue weighted by atomic mass is 10.1. The number of nitrogens with zero attached hydrogens (tertiary/aromatic N) is 2. The zero-order chi connectivity index (χ0) is 10.5. The van der Waals surface area contributed by atoms with Gasteiger partial charge in [-0.15, -0.1) is 0 Å². The van der Waals surface area contributed by atoms with Gasteiger partial charge in [-0.05, 0) is 37.6 Å². The van der Waals surface area contributed by atoms with E-state index >= 15 is 0 Å². The molecule has 1 fully saturated rings. The highest BCUT2D eigenvalue weighted by molar-refractivity contribution is 5.13. The number of piperidine rings is 1. The molecule has 0 bridgehead atoms. The van der Waals surface area contributed by atoms with Crippen LogP contribution in [0.1, 0.15) is 30.5 Å². The van der Waals surface area contributed by atoms with Crippen LogP contribution in [0.25, 0.3) is 0 Å². The fourth-order valence-electron chi connectivity index (χ4n) is 2.02. The summed E-state index contributed by atoms with van der Waals surface area (Å²) in [5, 5.41) is 0. The van der Waals surface area contributed by atoms with Crippen LogP contribution in [-0.4, -0.2) is 23.0 Å². The van der Waals surface area contributed by atoms with Crippen molar-refractivity contribution in [2.75, 3.05) is 13.1 Å². The molecular formula is C12H19N3. The van der Waals surface area contributed by atoms with Crippen LogP contribution in [-0.2, 0) is 13.1 Å². The Kier molecular flexibility index (Phi) is 3.69. The molecule has 0 spiro atoms. The van der Waals surface area contributed by atoms with Gasteiger partial charge in [0.05, 0.1) is 5.69 Å². The maximum Gasteiger partial charge on any atom is 0.0544 e. The first-order chi connectivity index (χ1) is 7.38. The summed E-state index contributed by atoms with van der Waals surface area (Å²) in [6.07, 6.45) is 5.94. The minimum absolute atomic E-state index is 0.580. The van der Waals surface area contributed by atoms with Crippen molar-refractivity contribution >= 4 is 0 Å². The van der Waals surface area contributed by atoms with Crippen LogP contribution in [0.4, 0.5) is 0 Å². The van der Waals surface area contributed by atoms with Gasteiger partial charge in [0.25, 0.3) is 0 Å². The van der Waals surface area contributed by atoms with Crippen molar-refractivity contribution in [1.82, 2.24) is 9.88 Å². The molecule has 3 nitrogen and oxygen atoms in total. The van der Waals surface area contributed by atoms with Gasteiger partial charge in [0.2, 0.25) is 0 Å². The standard InChI is InChI=1S/C12H19N3/c13-8-11-4-5-12(14-9-11)10-15-6-2-1-3-7-15/h4-5,9H,1-3,6-8,10,13H2. The number of nitrogens with two attached hydrogens (primary N) is 1. The maximum absolute atomic E-state index is 5.53. The van der Waals surface area contributed by atoms with Crippen LogP contribution in [0.3, 0.4) is 0 Å². The quantitative estimate of drug-likeness (QED) is 0.813. The Morgan fingerprint density at radius 1 is 1.20 bits per heavy atom. The minimum Gasteiger partial charge on any atom is -0.326 e. The molecule has 15 heavy (non-hydrogen) atoms. The maximum atomic E-state index is 5.53. The molecule has 1 saturated heterocycles. The normalized spacial score (nSPS) is 17.9. The molecule has 82 valence electrons. The number of pyridine rings is 1. The molecular weight excluding hydrogens is 186 g/mol. The molecule has 1 aromatic rings. The Hall–Kier alpha value is -0.930. The van der Waals surface area contributed by atoms with E-state index < -0.39 is 0 Å². The molecule has 0 saturated carbocycles. The molecule has 0 aromatic carbocycles. The molecule has 0 radical (unpaired) electrons. The molecule has 2 N–H and O–H groups in total. The number of likely N-dealkylation sites (tertiary alicyclic amines) is 1. The summed E-state index contributed by atoms with van der Waals surface area (Å²) in [5.41, 5.74) is 7.80. The highest BCUT2D eigenvalue weighted by atomic mass is 15.1. The molecule has 0 aliphatic carbocycles. The van der Waals surface area contributed by atoms with E-state index in [1.54, 1.807) is 0 Å². The van der Waals surface area contributed by atoms with Crippen LogP contribution >= 0.6 is 0 Å². The lowest BCUT2D eigenvalue weighted by Crippen LogP contribution is -2.29. The van der Waals surface area contributed by atoms with Crippen molar-refractivity contribution < 1.29 is 0 Å². The molecule has 1 aliphatic heterocycles. The molecule has 1 aliphatic rings. The fourth-order valence-corrected chi connectivity index (χ4v) is 2.02. The van der Waals surface area contributed by atoms with Gasteiger partial charge in [-0.1, -0.05) is 12.5 Å². The van der Waals surface area contributed by atoms with E-state index in [-0.39, 0.29) is 0 Å². The second-order valence-corrected chi connectivity index (χ2v) is 4.20. The summed E-state index contributed by atoms with van der Waals surface area (Å²) in [6, 6.07) is 4.17. The Morgan fingerprint density at radius 2 is 2.00 bits per heavy atom. The predicted octanol–water partition coefficient (Wildman–Crippen LogP) is 1.53. The second-order valence-electron chi connectivity index (χ2n) is 4.20. The van der Waals surface area contributed by atoms with E-state index in [2.05, 4.69) is 22.0 Å². The minimum atomic E-state index is 0.580. The van der Waals surface area contributed by atoms with Gasteiger partial charge < -0.3 is 5.73 Å².